The molecular weight excluding hydrogens is 392 g/mol. The van der Waals surface area contributed by atoms with Crippen molar-refractivity contribution in [1.82, 2.24) is 8.54 Å². The molecule has 1 aromatic carbocycles. The van der Waals surface area contributed by atoms with Gasteiger partial charge in [0.2, 0.25) is 0 Å². The Labute approximate surface area is 148 Å². The highest BCUT2D eigenvalue weighted by molar-refractivity contribution is 8.03. The molecule has 0 aliphatic heterocycles. The van der Waals surface area contributed by atoms with Gasteiger partial charge in [0.05, 0.1) is 5.69 Å². The lowest BCUT2D eigenvalue weighted by molar-refractivity contribution is 0.858. The van der Waals surface area contributed by atoms with Crippen LogP contribution in [0.2, 0.25) is 5.02 Å². The van der Waals surface area contributed by atoms with Crippen LogP contribution in [0.4, 0.5) is 0 Å². The van der Waals surface area contributed by atoms with Gasteiger partial charge in [0, 0.05) is 23.2 Å². The Bertz CT molecular complexity index is 862. The first kappa shape index (κ1) is 17.3. The number of benzene rings is 1. The second kappa shape index (κ2) is 6.57. The minimum atomic E-state index is -1.94. The Hall–Kier alpha value is -1.10. The summed E-state index contributed by atoms with van der Waals surface area (Å²) in [5, 5.41) is 9.51. The molecule has 0 aliphatic rings. The predicted molar refractivity (Wildman–Crippen MR) is 89.3 cm³/mol. The molecule has 1 heterocycles. The van der Waals surface area contributed by atoms with Gasteiger partial charge >= 0.3 is 5.69 Å². The summed E-state index contributed by atoms with van der Waals surface area (Å²) >= 11 is 23.0. The number of nitrogens with zero attached hydrogens (tertiary/aromatic N) is 3. The Morgan fingerprint density at radius 1 is 1.14 bits per heavy atom. The second-order valence-electron chi connectivity index (χ2n) is 3.92. The van der Waals surface area contributed by atoms with Crippen molar-refractivity contribution in [1.29, 1.82) is 5.26 Å². The molecule has 0 radical (unpaired) electrons. The lowest BCUT2D eigenvalue weighted by Crippen LogP contribution is -2.38. The summed E-state index contributed by atoms with van der Waals surface area (Å²) in [6.07, 6.45) is 1.13. The molecule has 0 saturated heterocycles. The summed E-state index contributed by atoms with van der Waals surface area (Å²) in [5.41, 5.74) is -1.47. The van der Waals surface area contributed by atoms with E-state index in [1.54, 1.807) is 30.3 Å². The largest absolute Gasteiger partial charge is 0.346 e. The van der Waals surface area contributed by atoms with E-state index in [0.717, 1.165) is 10.8 Å². The van der Waals surface area contributed by atoms with E-state index < -0.39 is 14.4 Å². The zero-order valence-electron chi connectivity index (χ0n) is 10.5. The van der Waals surface area contributed by atoms with E-state index in [9.17, 15) is 9.59 Å². The third-order valence-corrected chi connectivity index (χ3v) is 4.06. The zero-order valence-corrected chi connectivity index (χ0v) is 14.3. The summed E-state index contributed by atoms with van der Waals surface area (Å²) < 4.78 is -0.214. The van der Waals surface area contributed by atoms with Crippen LogP contribution < -0.4 is 11.2 Å². The maximum absolute atomic E-state index is 12.4. The Kier molecular flexibility index (Phi) is 5.15. The molecule has 0 aliphatic carbocycles. The standard InChI is InChI=1S/C12H5Cl4N3O2S/c13-8-1-3-9(4-2-8)18-6-7(5-17)10(20)19(11(18)21)22-12(14,15)16/h1-4,6H. The minimum absolute atomic E-state index is 0.267. The van der Waals surface area contributed by atoms with E-state index in [-0.39, 0.29) is 5.56 Å². The monoisotopic (exact) mass is 395 g/mol. The van der Waals surface area contributed by atoms with Crippen LogP contribution in [0.25, 0.3) is 5.69 Å². The van der Waals surface area contributed by atoms with Crippen LogP contribution >= 0.6 is 58.4 Å². The lowest BCUT2D eigenvalue weighted by atomic mass is 10.3. The van der Waals surface area contributed by atoms with Crippen molar-refractivity contribution in [3.8, 4) is 11.8 Å². The maximum atomic E-state index is 12.4. The van der Waals surface area contributed by atoms with Gasteiger partial charge < -0.3 is 0 Å². The van der Waals surface area contributed by atoms with Crippen molar-refractivity contribution in [2.24, 2.45) is 0 Å². The van der Waals surface area contributed by atoms with E-state index in [2.05, 4.69) is 0 Å². The summed E-state index contributed by atoms with van der Waals surface area (Å²) in [5.74, 6) is 0. The van der Waals surface area contributed by atoms with E-state index in [1.807, 2.05) is 0 Å². The summed E-state index contributed by atoms with van der Waals surface area (Å²) in [7, 11) is 0. The van der Waals surface area contributed by atoms with Gasteiger partial charge in [0.25, 0.3) is 8.68 Å². The fraction of sp³-hybridized carbons (Fsp3) is 0.0833. The Morgan fingerprint density at radius 2 is 1.73 bits per heavy atom. The minimum Gasteiger partial charge on any atom is -0.267 e. The molecule has 2 aromatic rings. The van der Waals surface area contributed by atoms with Gasteiger partial charge in [0.15, 0.2) is 0 Å². The first-order valence-electron chi connectivity index (χ1n) is 5.54. The van der Waals surface area contributed by atoms with E-state index in [4.69, 9.17) is 51.7 Å². The molecule has 0 amide bonds. The molecule has 22 heavy (non-hydrogen) atoms. The smallest absolute Gasteiger partial charge is 0.267 e. The first-order chi connectivity index (χ1) is 10.2. The van der Waals surface area contributed by atoms with Crippen molar-refractivity contribution in [2.75, 3.05) is 0 Å². The van der Waals surface area contributed by atoms with Crippen molar-refractivity contribution in [2.45, 2.75) is 3.12 Å². The normalized spacial score (nSPS) is 11.2. The van der Waals surface area contributed by atoms with Crippen molar-refractivity contribution >= 4 is 58.4 Å². The molecule has 0 bridgehead atoms. The van der Waals surface area contributed by atoms with Crippen LogP contribution in [-0.2, 0) is 0 Å². The van der Waals surface area contributed by atoms with Crippen molar-refractivity contribution in [3.05, 3.63) is 61.9 Å². The van der Waals surface area contributed by atoms with Crippen LogP contribution in [0.1, 0.15) is 5.56 Å². The molecule has 114 valence electrons. The average molecular weight is 397 g/mol. The fourth-order valence-electron chi connectivity index (χ4n) is 1.58. The van der Waals surface area contributed by atoms with Crippen LogP contribution in [0, 0.1) is 11.3 Å². The predicted octanol–water partition coefficient (Wildman–Crippen LogP) is 3.35. The lowest BCUT2D eigenvalue weighted by Gasteiger charge is -2.13. The van der Waals surface area contributed by atoms with Gasteiger partial charge in [-0.2, -0.15) is 9.23 Å². The number of hydrogen-bond acceptors (Lipinski definition) is 4. The van der Waals surface area contributed by atoms with Gasteiger partial charge in [-0.3, -0.25) is 9.36 Å². The molecular formula is C12H5Cl4N3O2S. The van der Waals surface area contributed by atoms with E-state index in [0.29, 0.717) is 26.6 Å². The third kappa shape index (κ3) is 3.80. The van der Waals surface area contributed by atoms with Crippen molar-refractivity contribution in [3.63, 3.8) is 0 Å². The third-order valence-electron chi connectivity index (χ3n) is 2.47. The van der Waals surface area contributed by atoms with Gasteiger partial charge in [-0.1, -0.05) is 46.4 Å². The van der Waals surface area contributed by atoms with Crippen LogP contribution in [0.15, 0.2) is 40.1 Å². The molecule has 5 nitrogen and oxygen atoms in total. The number of rotatable bonds is 2. The molecule has 0 saturated carbocycles. The summed E-state index contributed by atoms with van der Waals surface area (Å²) in [6.45, 7) is 0. The molecule has 10 heteroatoms. The molecule has 0 unspecified atom stereocenters. The number of nitriles is 1. The van der Waals surface area contributed by atoms with Gasteiger partial charge in [-0.15, -0.1) is 0 Å². The van der Waals surface area contributed by atoms with Crippen molar-refractivity contribution < 1.29 is 0 Å². The van der Waals surface area contributed by atoms with Gasteiger partial charge in [-0.05, 0) is 24.3 Å². The molecule has 0 spiro atoms. The quantitative estimate of drug-likeness (QED) is 0.730. The first-order valence-corrected chi connectivity index (χ1v) is 7.82. The topological polar surface area (TPSA) is 67.8 Å². The number of aromatic nitrogens is 2. The molecule has 2 rings (SSSR count). The molecule has 0 N–H and O–H groups in total. The highest BCUT2D eigenvalue weighted by Crippen LogP contribution is 2.38. The number of alkyl halides is 3. The number of halogens is 4. The van der Waals surface area contributed by atoms with Gasteiger partial charge in [0.1, 0.15) is 11.6 Å². The van der Waals surface area contributed by atoms with Crippen LogP contribution in [-0.4, -0.2) is 11.7 Å². The van der Waals surface area contributed by atoms with Crippen LogP contribution in [0.5, 0.6) is 0 Å². The average Bonchev–Trinajstić information content (AvgIpc) is 2.44. The fourth-order valence-corrected chi connectivity index (χ4v) is 2.88. The zero-order chi connectivity index (χ0) is 16.5. The molecule has 0 fully saturated rings. The SMILES string of the molecule is N#Cc1cn(-c2ccc(Cl)cc2)c(=O)n(SC(Cl)(Cl)Cl)c1=O. The van der Waals surface area contributed by atoms with E-state index >= 15 is 0 Å². The summed E-state index contributed by atoms with van der Waals surface area (Å²) in [6, 6.07) is 7.94. The second-order valence-corrected chi connectivity index (χ2v) is 8.47. The number of hydrogen-bond donors (Lipinski definition) is 0. The Balaban J connectivity index is 2.74. The van der Waals surface area contributed by atoms with E-state index in [1.165, 1.54) is 0 Å². The maximum Gasteiger partial charge on any atom is 0.346 e. The highest BCUT2D eigenvalue weighted by Gasteiger charge is 2.26. The summed E-state index contributed by atoms with van der Waals surface area (Å²) in [4.78, 5) is 24.5. The molecule has 1 aromatic heterocycles. The molecule has 0 atom stereocenters. The Morgan fingerprint density at radius 3 is 2.23 bits per heavy atom. The van der Waals surface area contributed by atoms with Gasteiger partial charge in [-0.25, -0.2) is 4.79 Å². The van der Waals surface area contributed by atoms with Crippen LogP contribution in [0.3, 0.4) is 0 Å². The highest BCUT2D eigenvalue weighted by atomic mass is 35.6.